The highest BCUT2D eigenvalue weighted by Crippen LogP contribution is 2.39. The Labute approximate surface area is 139 Å². The molecule has 3 aliphatic rings. The van der Waals surface area contributed by atoms with Gasteiger partial charge in [-0.15, -0.1) is 0 Å². The van der Waals surface area contributed by atoms with Crippen LogP contribution in [0.15, 0.2) is 0 Å². The van der Waals surface area contributed by atoms with E-state index in [0.29, 0.717) is 0 Å². The lowest BCUT2D eigenvalue weighted by molar-refractivity contribution is -0.0820. The highest BCUT2D eigenvalue weighted by Gasteiger charge is 2.40. The van der Waals surface area contributed by atoms with E-state index in [4.69, 9.17) is 4.74 Å². The van der Waals surface area contributed by atoms with Crippen molar-refractivity contribution in [2.45, 2.75) is 88.3 Å². The molecular weight excluding hydrogens is 292 g/mol. The van der Waals surface area contributed by atoms with Crippen LogP contribution in [-0.2, 0) is 4.74 Å². The first-order valence-corrected chi connectivity index (χ1v) is 9.53. The summed E-state index contributed by atoms with van der Waals surface area (Å²) in [6, 6.07) is 0.276. The molecule has 3 fully saturated rings. The van der Waals surface area contributed by atoms with Crippen LogP contribution in [0.5, 0.6) is 0 Å². The van der Waals surface area contributed by atoms with Crippen LogP contribution in [0.1, 0.15) is 70.6 Å². The van der Waals surface area contributed by atoms with Crippen molar-refractivity contribution >= 4 is 6.03 Å². The minimum absolute atomic E-state index is 0.0339. The third-order valence-corrected chi connectivity index (χ3v) is 6.05. The molecule has 1 aliphatic heterocycles. The van der Waals surface area contributed by atoms with Crippen molar-refractivity contribution in [1.29, 1.82) is 0 Å². The van der Waals surface area contributed by atoms with E-state index in [2.05, 4.69) is 10.6 Å². The van der Waals surface area contributed by atoms with Gasteiger partial charge in [0.2, 0.25) is 0 Å². The molecule has 132 valence electrons. The summed E-state index contributed by atoms with van der Waals surface area (Å²) in [6.07, 6.45) is 12.1. The van der Waals surface area contributed by atoms with Gasteiger partial charge in [0.1, 0.15) is 0 Å². The first kappa shape index (κ1) is 17.0. The van der Waals surface area contributed by atoms with E-state index in [1.165, 1.54) is 19.3 Å². The number of aliphatic hydroxyl groups is 1. The quantitative estimate of drug-likeness (QED) is 0.699. The number of carbonyl (C=O) groups excluding carboxylic acids is 1. The van der Waals surface area contributed by atoms with Crippen molar-refractivity contribution in [3.63, 3.8) is 0 Å². The Morgan fingerprint density at radius 3 is 2.61 bits per heavy atom. The average molecular weight is 324 g/mol. The zero-order valence-corrected chi connectivity index (χ0v) is 14.2. The van der Waals surface area contributed by atoms with Gasteiger partial charge in [0.15, 0.2) is 0 Å². The molecule has 0 aromatic carbocycles. The van der Waals surface area contributed by atoms with E-state index in [9.17, 15) is 9.90 Å². The summed E-state index contributed by atoms with van der Waals surface area (Å²) in [5.41, 5.74) is 0.0339. The van der Waals surface area contributed by atoms with E-state index < -0.39 is 0 Å². The van der Waals surface area contributed by atoms with Crippen molar-refractivity contribution in [3.05, 3.63) is 0 Å². The molecule has 1 saturated heterocycles. The molecule has 0 radical (unpaired) electrons. The fraction of sp³-hybridized carbons (Fsp3) is 0.944. The molecule has 2 saturated carbocycles. The Morgan fingerprint density at radius 2 is 1.83 bits per heavy atom. The second-order valence-corrected chi connectivity index (χ2v) is 7.73. The number of aliphatic hydroxyl groups excluding tert-OH is 1. The van der Waals surface area contributed by atoms with Gasteiger partial charge in [-0.3, -0.25) is 0 Å². The molecule has 0 aromatic heterocycles. The van der Waals surface area contributed by atoms with Gasteiger partial charge in [-0.05, 0) is 38.5 Å². The topological polar surface area (TPSA) is 70.6 Å². The van der Waals surface area contributed by atoms with Crippen LogP contribution in [-0.4, -0.2) is 42.0 Å². The van der Waals surface area contributed by atoms with Crippen LogP contribution in [0.3, 0.4) is 0 Å². The predicted octanol–water partition coefficient (Wildman–Crippen LogP) is 2.72. The van der Waals surface area contributed by atoms with E-state index in [1.807, 2.05) is 0 Å². The summed E-state index contributed by atoms with van der Waals surface area (Å²) in [7, 11) is 0. The van der Waals surface area contributed by atoms with Gasteiger partial charge in [-0.25, -0.2) is 4.79 Å². The zero-order valence-electron chi connectivity index (χ0n) is 14.2. The number of nitrogens with one attached hydrogen (secondary N) is 2. The van der Waals surface area contributed by atoms with Gasteiger partial charge in [-0.2, -0.15) is 0 Å². The van der Waals surface area contributed by atoms with E-state index in [-0.39, 0.29) is 36.2 Å². The molecular formula is C18H32N2O3. The number of carbonyl (C=O) groups is 1. The molecule has 3 atom stereocenters. The molecule has 2 amide bonds. The molecule has 23 heavy (non-hydrogen) atoms. The minimum atomic E-state index is -0.0598. The number of hydrogen-bond donors (Lipinski definition) is 3. The van der Waals surface area contributed by atoms with Crippen molar-refractivity contribution in [2.24, 2.45) is 5.92 Å². The SMILES string of the molecule is O=C(NC1CCOC2(CCCC2)C1)NC1CCCCCC1CO. The maximum absolute atomic E-state index is 12.4. The first-order chi connectivity index (χ1) is 11.2. The van der Waals surface area contributed by atoms with Gasteiger partial charge >= 0.3 is 6.03 Å². The number of rotatable bonds is 3. The Kier molecular flexibility index (Phi) is 5.81. The van der Waals surface area contributed by atoms with Crippen molar-refractivity contribution < 1.29 is 14.6 Å². The molecule has 1 heterocycles. The smallest absolute Gasteiger partial charge is 0.315 e. The van der Waals surface area contributed by atoms with Crippen LogP contribution in [0, 0.1) is 5.92 Å². The summed E-state index contributed by atoms with van der Waals surface area (Å²) in [6.45, 7) is 0.930. The number of amides is 2. The van der Waals surface area contributed by atoms with Gasteiger partial charge in [0.25, 0.3) is 0 Å². The Morgan fingerprint density at radius 1 is 1.04 bits per heavy atom. The van der Waals surface area contributed by atoms with Gasteiger partial charge in [0.05, 0.1) is 5.60 Å². The maximum atomic E-state index is 12.4. The minimum Gasteiger partial charge on any atom is -0.396 e. The lowest BCUT2D eigenvalue weighted by Gasteiger charge is -2.38. The van der Waals surface area contributed by atoms with Crippen molar-refractivity contribution in [1.82, 2.24) is 10.6 Å². The Hall–Kier alpha value is -0.810. The summed E-state index contributed by atoms with van der Waals surface area (Å²) < 4.78 is 6.03. The zero-order chi connectivity index (χ0) is 16.1. The lowest BCUT2D eigenvalue weighted by Crippen LogP contribution is -2.53. The normalized spacial score (nSPS) is 34.0. The monoisotopic (exact) mass is 324 g/mol. The van der Waals surface area contributed by atoms with E-state index in [0.717, 1.165) is 58.0 Å². The van der Waals surface area contributed by atoms with Crippen LogP contribution < -0.4 is 10.6 Å². The Balaban J connectivity index is 1.50. The van der Waals surface area contributed by atoms with E-state index >= 15 is 0 Å². The Bertz CT molecular complexity index is 396. The summed E-state index contributed by atoms with van der Waals surface area (Å²) in [5.74, 6) is 0.208. The number of urea groups is 1. The third kappa shape index (κ3) is 4.38. The lowest BCUT2D eigenvalue weighted by atomic mass is 9.89. The maximum Gasteiger partial charge on any atom is 0.315 e. The van der Waals surface area contributed by atoms with Crippen LogP contribution in [0.4, 0.5) is 4.79 Å². The summed E-state index contributed by atoms with van der Waals surface area (Å²) in [5, 5.41) is 15.9. The van der Waals surface area contributed by atoms with Crippen molar-refractivity contribution in [3.8, 4) is 0 Å². The van der Waals surface area contributed by atoms with Gasteiger partial charge in [-0.1, -0.05) is 32.1 Å². The van der Waals surface area contributed by atoms with Crippen LogP contribution in [0.2, 0.25) is 0 Å². The predicted molar refractivity (Wildman–Crippen MR) is 89.3 cm³/mol. The molecule has 3 unspecified atom stereocenters. The fourth-order valence-corrected chi connectivity index (χ4v) is 4.71. The largest absolute Gasteiger partial charge is 0.396 e. The molecule has 3 rings (SSSR count). The molecule has 0 bridgehead atoms. The molecule has 1 spiro atoms. The van der Waals surface area contributed by atoms with Gasteiger partial charge in [0, 0.05) is 31.2 Å². The van der Waals surface area contributed by atoms with Crippen molar-refractivity contribution in [2.75, 3.05) is 13.2 Å². The van der Waals surface area contributed by atoms with Gasteiger partial charge < -0.3 is 20.5 Å². The summed E-state index contributed by atoms with van der Waals surface area (Å²) >= 11 is 0. The number of hydrogen-bond acceptors (Lipinski definition) is 3. The fourth-order valence-electron chi connectivity index (χ4n) is 4.71. The molecule has 0 aromatic rings. The number of ether oxygens (including phenoxy) is 1. The van der Waals surface area contributed by atoms with Crippen LogP contribution >= 0.6 is 0 Å². The molecule has 5 heteroatoms. The highest BCUT2D eigenvalue weighted by atomic mass is 16.5. The molecule has 5 nitrogen and oxygen atoms in total. The third-order valence-electron chi connectivity index (χ3n) is 6.05. The van der Waals surface area contributed by atoms with E-state index in [1.54, 1.807) is 0 Å². The molecule has 2 aliphatic carbocycles. The standard InChI is InChI=1S/C18H32N2O3/c21-13-14-6-2-1-3-7-16(14)20-17(22)19-15-8-11-23-18(12-15)9-4-5-10-18/h14-16,21H,1-13H2,(H2,19,20,22). The first-order valence-electron chi connectivity index (χ1n) is 9.53. The van der Waals surface area contributed by atoms with Crippen LogP contribution in [0.25, 0.3) is 0 Å². The highest BCUT2D eigenvalue weighted by molar-refractivity contribution is 5.74. The molecule has 3 N–H and O–H groups in total. The summed E-state index contributed by atoms with van der Waals surface area (Å²) in [4.78, 5) is 12.4. The second kappa shape index (κ2) is 7.84. The average Bonchev–Trinajstić information content (AvgIpc) is 2.85. The second-order valence-electron chi connectivity index (χ2n) is 7.73.